The molecule has 0 spiro atoms. The van der Waals surface area contributed by atoms with Gasteiger partial charge < -0.3 is 56.8 Å². The van der Waals surface area contributed by atoms with Crippen molar-refractivity contribution in [2.45, 2.75) is 236 Å². The molecule has 5 aliphatic carbocycles. The summed E-state index contributed by atoms with van der Waals surface area (Å²) in [5, 5.41) is 0. The summed E-state index contributed by atoms with van der Waals surface area (Å²) in [5.41, 5.74) is 1.77. The Labute approximate surface area is 458 Å². The van der Waals surface area contributed by atoms with E-state index in [0.717, 1.165) is 57.8 Å². The molecule has 0 aromatic rings. The third-order valence-corrected chi connectivity index (χ3v) is 19.5. The summed E-state index contributed by atoms with van der Waals surface area (Å²) in [7, 11) is 0. The van der Waals surface area contributed by atoms with Crippen LogP contribution < -0.4 is 0 Å². The third kappa shape index (κ3) is 11.9. The summed E-state index contributed by atoms with van der Waals surface area (Å²) in [6, 6.07) is 0. The SMILES string of the molecule is CC(=O)OC[C@H]1O[C@@H](OC[C@]23CCC(C(C)C)=C2[C@H]2CC[C@@H]4[C@@]5(C)CC[C@H](O[C@@H]6O[C@H](COC(C)=O)[C@@H](OC(C)=O)[C@H](OC(C)=O)[C@H]6OC(C)=O)C(C)(C)[C@@H]5CC[C@@]4(C)[C@]2(C)CC3)[C@H](OC(C)=O)[C@@H](OC(C)=O)[C@@H]1OC(C)=O. The predicted molar refractivity (Wildman–Crippen MR) is 274 cm³/mol. The molecule has 438 valence electrons. The number of allylic oxidation sites excluding steroid dienone is 1. The van der Waals surface area contributed by atoms with Crippen molar-refractivity contribution in [1.29, 1.82) is 0 Å². The van der Waals surface area contributed by atoms with Crippen LogP contribution in [0.15, 0.2) is 11.1 Å². The van der Waals surface area contributed by atoms with Crippen molar-refractivity contribution in [3.05, 3.63) is 11.1 Å². The van der Waals surface area contributed by atoms with E-state index in [0.29, 0.717) is 12.3 Å². The van der Waals surface area contributed by atoms with Gasteiger partial charge in [-0.05, 0) is 110 Å². The normalized spacial score (nSPS) is 39.6. The number of rotatable bonds is 16. The molecule has 6 fully saturated rings. The Kier molecular flexibility index (Phi) is 18.3. The van der Waals surface area contributed by atoms with Crippen LogP contribution in [0.4, 0.5) is 0 Å². The van der Waals surface area contributed by atoms with Crippen LogP contribution in [0, 0.1) is 50.7 Å². The highest BCUT2D eigenvalue weighted by Crippen LogP contribution is 2.77. The van der Waals surface area contributed by atoms with Crippen LogP contribution in [0.3, 0.4) is 0 Å². The second-order valence-electron chi connectivity index (χ2n) is 24.9. The molecule has 7 aliphatic rings. The molecular weight excluding hydrogens is 1020 g/mol. The molecule has 0 unspecified atom stereocenters. The summed E-state index contributed by atoms with van der Waals surface area (Å²) in [5.74, 6) is -4.38. The molecule has 0 aromatic carbocycles. The van der Waals surface area contributed by atoms with E-state index in [-0.39, 0.29) is 59.2 Å². The summed E-state index contributed by atoms with van der Waals surface area (Å²) in [6.07, 6.45) is -4.28. The van der Waals surface area contributed by atoms with Crippen LogP contribution >= 0.6 is 0 Å². The molecule has 20 nitrogen and oxygen atoms in total. The number of fused-ring (bicyclic) bond motifs is 7. The molecule has 0 bridgehead atoms. The van der Waals surface area contributed by atoms with Gasteiger partial charge in [-0.1, -0.05) is 59.6 Å². The predicted octanol–water partition coefficient (Wildman–Crippen LogP) is 7.36. The van der Waals surface area contributed by atoms with Crippen molar-refractivity contribution in [3.8, 4) is 0 Å². The molecular formula is C58H86O20. The Balaban J connectivity index is 1.16. The van der Waals surface area contributed by atoms with Crippen LogP contribution in [0.1, 0.15) is 168 Å². The van der Waals surface area contributed by atoms with Crippen molar-refractivity contribution >= 4 is 47.8 Å². The average molecular weight is 1100 g/mol. The zero-order chi connectivity index (χ0) is 57.6. The molecule has 2 heterocycles. The Morgan fingerprint density at radius 3 is 1.46 bits per heavy atom. The van der Waals surface area contributed by atoms with E-state index in [1.807, 2.05) is 0 Å². The van der Waals surface area contributed by atoms with Crippen LogP contribution in [0.5, 0.6) is 0 Å². The first-order valence-corrected chi connectivity index (χ1v) is 28.0. The molecule has 2 aliphatic heterocycles. The van der Waals surface area contributed by atoms with Crippen molar-refractivity contribution < 1.29 is 95.2 Å². The number of ether oxygens (including phenoxy) is 12. The molecule has 78 heavy (non-hydrogen) atoms. The Bertz CT molecular complexity index is 2340. The molecule has 18 atom stereocenters. The summed E-state index contributed by atoms with van der Waals surface area (Å²) in [6.45, 7) is 25.7. The number of carbonyl (C=O) groups excluding carboxylic acids is 8. The maximum absolute atomic E-state index is 12.7. The van der Waals surface area contributed by atoms with Gasteiger partial charge in [0.1, 0.15) is 25.4 Å². The molecule has 20 heteroatoms. The zero-order valence-corrected chi connectivity index (χ0v) is 48.5. The average Bonchev–Trinajstić information content (AvgIpc) is 3.81. The van der Waals surface area contributed by atoms with E-state index < -0.39 is 121 Å². The lowest BCUT2D eigenvalue weighted by atomic mass is 9.33. The first-order valence-electron chi connectivity index (χ1n) is 28.0. The second kappa shape index (κ2) is 23.4. The van der Waals surface area contributed by atoms with Gasteiger partial charge in [0.25, 0.3) is 0 Å². The lowest BCUT2D eigenvalue weighted by molar-refractivity contribution is -0.334. The number of hydrogen-bond donors (Lipinski definition) is 0. The number of esters is 8. The first-order chi connectivity index (χ1) is 36.4. The summed E-state index contributed by atoms with van der Waals surface area (Å²) < 4.78 is 71.9. The molecule has 0 N–H and O–H groups in total. The van der Waals surface area contributed by atoms with E-state index in [1.165, 1.54) is 66.5 Å². The van der Waals surface area contributed by atoms with E-state index in [9.17, 15) is 38.4 Å². The molecule has 2 saturated heterocycles. The van der Waals surface area contributed by atoms with Crippen molar-refractivity contribution in [1.82, 2.24) is 0 Å². The smallest absolute Gasteiger partial charge is 0.303 e. The molecule has 4 saturated carbocycles. The monoisotopic (exact) mass is 1100 g/mol. The standard InChI is InChI=1S/C58H86O20/c1-29(2)38-18-23-58(28-69-52-50(74-36(9)65)48(72-34(7)63)46(70-32(5)61)40(76-52)26-67-30(3)59)25-24-56(14)39(45(38)58)16-17-43-55(13)21-20-44(54(11,12)42(55)19-22-57(43,56)15)78-53-51(75-37(10)66)49(73-35(8)64)47(71-33(6)62)41(77-53)27-68-31(4)60/h29,39-44,46-53H,16-28H2,1-15H3/t39-,40-,41-,42+,43-,44+,46-,47-,48+,49+,50-,51-,52-,53+,55+,56-,57-,58-/m1/s1. The molecule has 7 rings (SSSR count). The number of hydrogen-bond acceptors (Lipinski definition) is 20. The number of carbonyl (C=O) groups is 8. The first kappa shape index (κ1) is 61.0. The van der Waals surface area contributed by atoms with Gasteiger partial charge in [-0.3, -0.25) is 38.4 Å². The maximum Gasteiger partial charge on any atom is 0.303 e. The van der Waals surface area contributed by atoms with Gasteiger partial charge in [-0.25, -0.2) is 0 Å². The molecule has 0 amide bonds. The molecule has 0 radical (unpaired) electrons. The van der Waals surface area contributed by atoms with Crippen LogP contribution in [0.2, 0.25) is 0 Å². The highest BCUT2D eigenvalue weighted by atomic mass is 16.7. The summed E-state index contributed by atoms with van der Waals surface area (Å²) in [4.78, 5) is 99.7. The van der Waals surface area contributed by atoms with Crippen molar-refractivity contribution in [3.63, 3.8) is 0 Å². The van der Waals surface area contributed by atoms with Crippen LogP contribution in [0.25, 0.3) is 0 Å². The minimum Gasteiger partial charge on any atom is -0.463 e. The summed E-state index contributed by atoms with van der Waals surface area (Å²) >= 11 is 0. The highest BCUT2D eigenvalue weighted by Gasteiger charge is 2.70. The minimum absolute atomic E-state index is 0.0741. The molecule has 0 aromatic heterocycles. The van der Waals surface area contributed by atoms with Crippen LogP contribution in [-0.2, 0) is 95.2 Å². The Morgan fingerprint density at radius 2 is 0.974 bits per heavy atom. The van der Waals surface area contributed by atoms with Crippen molar-refractivity contribution in [2.24, 2.45) is 50.7 Å². The van der Waals surface area contributed by atoms with Gasteiger partial charge in [-0.15, -0.1) is 0 Å². The van der Waals surface area contributed by atoms with Crippen LogP contribution in [-0.4, -0.2) is 135 Å². The highest BCUT2D eigenvalue weighted by molar-refractivity contribution is 5.70. The second-order valence-corrected chi connectivity index (χ2v) is 24.9. The maximum atomic E-state index is 12.7. The van der Waals surface area contributed by atoms with Gasteiger partial charge in [0.15, 0.2) is 49.2 Å². The zero-order valence-electron chi connectivity index (χ0n) is 48.5. The Morgan fingerprint density at radius 1 is 0.500 bits per heavy atom. The fourth-order valence-electron chi connectivity index (χ4n) is 16.3. The third-order valence-electron chi connectivity index (χ3n) is 19.5. The van der Waals surface area contributed by atoms with E-state index in [4.69, 9.17) is 56.8 Å². The van der Waals surface area contributed by atoms with Gasteiger partial charge in [0.05, 0.1) is 12.7 Å². The lowest BCUT2D eigenvalue weighted by Crippen LogP contribution is -2.67. The van der Waals surface area contributed by atoms with Gasteiger partial charge in [0, 0.05) is 60.8 Å². The van der Waals surface area contributed by atoms with Crippen molar-refractivity contribution in [2.75, 3.05) is 19.8 Å². The van der Waals surface area contributed by atoms with E-state index in [1.54, 1.807) is 0 Å². The van der Waals surface area contributed by atoms with Gasteiger partial charge in [-0.2, -0.15) is 0 Å². The fourth-order valence-corrected chi connectivity index (χ4v) is 16.3. The lowest BCUT2D eigenvalue weighted by Gasteiger charge is -2.72. The van der Waals surface area contributed by atoms with E-state index in [2.05, 4.69) is 48.5 Å². The Hall–Kier alpha value is -4.66. The quantitative estimate of drug-likeness (QED) is 0.0634. The van der Waals surface area contributed by atoms with Gasteiger partial charge >= 0.3 is 47.8 Å². The van der Waals surface area contributed by atoms with Gasteiger partial charge in [0.2, 0.25) is 0 Å². The minimum atomic E-state index is -1.34. The van der Waals surface area contributed by atoms with E-state index >= 15 is 0 Å². The topological polar surface area (TPSA) is 247 Å². The largest absolute Gasteiger partial charge is 0.463 e. The fraction of sp³-hybridized carbons (Fsp3) is 0.828.